The van der Waals surface area contributed by atoms with Gasteiger partial charge in [0.15, 0.2) is 0 Å². The molecule has 0 aliphatic rings. The average Bonchev–Trinajstić information content (AvgIpc) is 3.43. The first-order valence-electron chi connectivity index (χ1n) is 8.39. The van der Waals surface area contributed by atoms with Crippen LogP contribution in [0.25, 0.3) is 0 Å². The summed E-state index contributed by atoms with van der Waals surface area (Å²) in [5.41, 5.74) is 0. The number of thiol groups is 1. The van der Waals surface area contributed by atoms with Crippen molar-refractivity contribution in [3.63, 3.8) is 0 Å². The molecule has 0 spiro atoms. The highest BCUT2D eigenvalue weighted by Gasteiger charge is 2.41. The smallest absolute Gasteiger partial charge is 0.368 e. The lowest BCUT2D eigenvalue weighted by atomic mass is 10.5. The third-order valence-electron chi connectivity index (χ3n) is 3.68. The van der Waals surface area contributed by atoms with Crippen molar-refractivity contribution in [2.45, 2.75) is 32.3 Å². The Morgan fingerprint density at radius 2 is 1.15 bits per heavy atom. The Morgan fingerprint density at radius 3 is 1.46 bits per heavy atom. The van der Waals surface area contributed by atoms with E-state index in [9.17, 15) is 0 Å². The molecule has 0 radical (unpaired) electrons. The van der Waals surface area contributed by atoms with Crippen LogP contribution in [0.2, 0.25) is 6.04 Å². The molecule has 0 aliphatic carbocycles. The number of rotatable bonds is 12. The van der Waals surface area contributed by atoms with Gasteiger partial charge in [-0.25, -0.2) is 0 Å². The van der Waals surface area contributed by atoms with Gasteiger partial charge in [-0.05, 0) is 46.5 Å². The summed E-state index contributed by atoms with van der Waals surface area (Å²) in [7, 11) is -2.81. The van der Waals surface area contributed by atoms with Crippen molar-refractivity contribution in [3.8, 4) is 0 Å². The van der Waals surface area contributed by atoms with E-state index in [4.69, 9.17) is 13.3 Å². The van der Waals surface area contributed by atoms with E-state index in [1.807, 2.05) is 18.2 Å². The summed E-state index contributed by atoms with van der Waals surface area (Å²) in [6.07, 6.45) is 0.911. The number of hydrogen-bond acceptors (Lipinski definition) is 7. The topological polar surface area (TPSA) is 27.7 Å². The van der Waals surface area contributed by atoms with E-state index in [0.717, 1.165) is 18.2 Å². The second-order valence-corrected chi connectivity index (χ2v) is 11.9. The van der Waals surface area contributed by atoms with Crippen molar-refractivity contribution in [2.75, 3.05) is 5.75 Å². The van der Waals surface area contributed by atoms with E-state index in [2.05, 4.69) is 47.0 Å². The van der Waals surface area contributed by atoms with E-state index in [0.29, 0.717) is 19.8 Å². The van der Waals surface area contributed by atoms with Gasteiger partial charge < -0.3 is 13.3 Å². The Hall–Kier alpha value is -0.453. The minimum absolute atomic E-state index is 0.533. The third kappa shape index (κ3) is 6.31. The molecule has 0 amide bonds. The summed E-state index contributed by atoms with van der Waals surface area (Å²) in [5.74, 6) is 0.793. The second-order valence-electron chi connectivity index (χ2n) is 5.61. The van der Waals surface area contributed by atoms with Gasteiger partial charge in [-0.2, -0.15) is 12.6 Å². The molecule has 26 heavy (non-hydrogen) atoms. The largest absolute Gasteiger partial charge is 0.501 e. The standard InChI is InChI=1S/C18H22O3S4Si/c22-8-4-12-26(19-13-16-5-1-9-23-16,20-14-17-6-2-10-24-17)21-15-18-7-3-11-25-18/h1-3,5-7,9-11,22H,4,8,12-15H2. The van der Waals surface area contributed by atoms with Gasteiger partial charge in [-0.15, -0.1) is 34.0 Å². The summed E-state index contributed by atoms with van der Waals surface area (Å²) in [5, 5.41) is 6.19. The number of hydrogen-bond donors (Lipinski definition) is 1. The lowest BCUT2D eigenvalue weighted by Crippen LogP contribution is -2.45. The maximum atomic E-state index is 6.35. The molecule has 3 aromatic rings. The van der Waals surface area contributed by atoms with Gasteiger partial charge in [-0.3, -0.25) is 0 Å². The summed E-state index contributed by atoms with van der Waals surface area (Å²) in [4.78, 5) is 3.56. The SMILES string of the molecule is SCCC[Si](OCc1cccs1)(OCc1cccs1)OCc1cccs1. The molecular weight excluding hydrogens is 421 g/mol. The van der Waals surface area contributed by atoms with E-state index < -0.39 is 8.80 Å². The molecule has 0 N–H and O–H groups in total. The molecule has 0 saturated heterocycles. The third-order valence-corrected chi connectivity index (χ3v) is 9.27. The highest BCUT2D eigenvalue weighted by molar-refractivity contribution is 7.80. The van der Waals surface area contributed by atoms with Crippen molar-refractivity contribution < 1.29 is 13.3 Å². The molecule has 0 aromatic carbocycles. The Morgan fingerprint density at radius 1 is 0.731 bits per heavy atom. The molecule has 0 bridgehead atoms. The van der Waals surface area contributed by atoms with E-state index in [-0.39, 0.29) is 0 Å². The fourth-order valence-corrected chi connectivity index (χ4v) is 7.40. The quantitative estimate of drug-likeness (QED) is 0.272. The first-order chi connectivity index (χ1) is 12.8. The van der Waals surface area contributed by atoms with Crippen LogP contribution >= 0.6 is 46.6 Å². The van der Waals surface area contributed by atoms with Crippen LogP contribution in [0.4, 0.5) is 0 Å². The molecule has 0 unspecified atom stereocenters. The highest BCUT2D eigenvalue weighted by Crippen LogP contribution is 2.26. The Bertz CT molecular complexity index is 620. The first-order valence-corrected chi connectivity index (χ1v) is 13.6. The minimum atomic E-state index is -2.81. The number of thiophene rings is 3. The molecule has 3 rings (SSSR count). The Balaban J connectivity index is 1.71. The monoisotopic (exact) mass is 442 g/mol. The second kappa shape index (κ2) is 10.8. The van der Waals surface area contributed by atoms with Gasteiger partial charge in [0.2, 0.25) is 0 Å². The van der Waals surface area contributed by atoms with Crippen molar-refractivity contribution in [1.29, 1.82) is 0 Å². The normalized spacial score (nSPS) is 11.9. The fraction of sp³-hybridized carbons (Fsp3) is 0.333. The Labute approximate surface area is 173 Å². The molecule has 0 fully saturated rings. The van der Waals surface area contributed by atoms with Crippen LogP contribution in [0.3, 0.4) is 0 Å². The van der Waals surface area contributed by atoms with Crippen molar-refractivity contribution in [2.24, 2.45) is 0 Å². The maximum absolute atomic E-state index is 6.35. The van der Waals surface area contributed by atoms with Crippen molar-refractivity contribution >= 4 is 55.4 Å². The zero-order chi connectivity index (χ0) is 18.1. The molecule has 3 nitrogen and oxygen atoms in total. The van der Waals surface area contributed by atoms with Gasteiger partial charge in [-0.1, -0.05) is 18.2 Å². The van der Waals surface area contributed by atoms with Crippen LogP contribution in [0.15, 0.2) is 52.5 Å². The Kier molecular flexibility index (Phi) is 8.40. The van der Waals surface area contributed by atoms with Gasteiger partial charge in [0.05, 0.1) is 19.8 Å². The molecule has 3 aromatic heterocycles. The molecule has 8 heteroatoms. The minimum Gasteiger partial charge on any atom is -0.368 e. The highest BCUT2D eigenvalue weighted by atomic mass is 32.1. The van der Waals surface area contributed by atoms with Crippen molar-refractivity contribution in [3.05, 3.63) is 67.2 Å². The average molecular weight is 443 g/mol. The van der Waals surface area contributed by atoms with Gasteiger partial charge >= 0.3 is 8.80 Å². The lowest BCUT2D eigenvalue weighted by molar-refractivity contribution is 0.0446. The molecule has 0 saturated carbocycles. The van der Waals surface area contributed by atoms with Crippen LogP contribution in [0, 0.1) is 0 Å². The fourth-order valence-electron chi connectivity index (χ4n) is 2.36. The maximum Gasteiger partial charge on any atom is 0.501 e. The van der Waals surface area contributed by atoms with Gasteiger partial charge in [0, 0.05) is 20.7 Å². The molecule has 3 heterocycles. The summed E-state index contributed by atoms with van der Waals surface area (Å²) in [6.45, 7) is 1.60. The molecular formula is C18H22O3S4Si. The summed E-state index contributed by atoms with van der Waals surface area (Å²) >= 11 is 9.46. The predicted octanol–water partition coefficient (Wildman–Crippen LogP) is 6.08. The first kappa shape index (κ1) is 20.3. The zero-order valence-electron chi connectivity index (χ0n) is 14.3. The van der Waals surface area contributed by atoms with Crippen LogP contribution in [-0.4, -0.2) is 14.6 Å². The van der Waals surface area contributed by atoms with E-state index in [1.54, 1.807) is 34.0 Å². The molecule has 0 aliphatic heterocycles. The summed E-state index contributed by atoms with van der Waals surface area (Å²) < 4.78 is 19.1. The van der Waals surface area contributed by atoms with Crippen molar-refractivity contribution in [1.82, 2.24) is 0 Å². The van der Waals surface area contributed by atoms with Crippen LogP contribution in [-0.2, 0) is 33.1 Å². The van der Waals surface area contributed by atoms with E-state index >= 15 is 0 Å². The van der Waals surface area contributed by atoms with Gasteiger partial charge in [0.1, 0.15) is 0 Å². The molecule has 0 atom stereocenters. The van der Waals surface area contributed by atoms with Crippen LogP contribution < -0.4 is 0 Å². The van der Waals surface area contributed by atoms with Gasteiger partial charge in [0.25, 0.3) is 0 Å². The zero-order valence-corrected chi connectivity index (χ0v) is 18.7. The van der Waals surface area contributed by atoms with E-state index in [1.165, 1.54) is 14.6 Å². The molecule has 140 valence electrons. The predicted molar refractivity (Wildman–Crippen MR) is 116 cm³/mol. The lowest BCUT2D eigenvalue weighted by Gasteiger charge is -2.29. The van der Waals surface area contributed by atoms with Crippen LogP contribution in [0.5, 0.6) is 0 Å². The summed E-state index contributed by atoms with van der Waals surface area (Å²) in [6, 6.07) is 13.2. The van der Waals surface area contributed by atoms with Crippen LogP contribution in [0.1, 0.15) is 21.1 Å².